The van der Waals surface area contributed by atoms with Crippen LogP contribution in [0.4, 0.5) is 34.1 Å². The van der Waals surface area contributed by atoms with Crippen LogP contribution in [0.3, 0.4) is 0 Å². The molecule has 10 rings (SSSR count). The smallest absolute Gasteiger partial charge is 0.137 e. The van der Waals surface area contributed by atoms with Crippen LogP contribution in [0.25, 0.3) is 55.0 Å². The van der Waals surface area contributed by atoms with E-state index in [1.54, 1.807) is 0 Å². The number of hydrogen-bond acceptors (Lipinski definition) is 4. The summed E-state index contributed by atoms with van der Waals surface area (Å²) in [6.45, 7) is 0. The van der Waals surface area contributed by atoms with E-state index in [0.717, 1.165) is 89.1 Å². The van der Waals surface area contributed by atoms with Gasteiger partial charge in [-0.15, -0.1) is 0 Å². The highest BCUT2D eigenvalue weighted by Gasteiger charge is 2.24. The maximum Gasteiger partial charge on any atom is 0.137 e. The third kappa shape index (κ3) is 5.09. The Hall–Kier alpha value is -7.04. The van der Waals surface area contributed by atoms with Crippen LogP contribution in [0, 0.1) is 0 Å². The van der Waals surface area contributed by atoms with Gasteiger partial charge in [-0.05, 0) is 96.1 Å². The van der Waals surface area contributed by atoms with E-state index in [-0.39, 0.29) is 0 Å². The minimum Gasteiger partial charge on any atom is -0.456 e. The zero-order valence-corrected chi connectivity index (χ0v) is 28.2. The summed E-state index contributed by atoms with van der Waals surface area (Å²) in [4.78, 5) is 4.68. The first-order valence-electron chi connectivity index (χ1n) is 17.5. The Kier molecular flexibility index (Phi) is 7.10. The summed E-state index contributed by atoms with van der Waals surface area (Å²) in [6.07, 6.45) is 0. The number of para-hydroxylation sites is 5. The van der Waals surface area contributed by atoms with Crippen molar-refractivity contribution in [3.05, 3.63) is 194 Å². The third-order valence-corrected chi connectivity index (χ3v) is 9.83. The van der Waals surface area contributed by atoms with E-state index in [1.165, 1.54) is 0 Å². The molecule has 0 amide bonds. The van der Waals surface area contributed by atoms with Gasteiger partial charge in [-0.1, -0.05) is 103 Å². The van der Waals surface area contributed by atoms with Gasteiger partial charge in [0, 0.05) is 50.4 Å². The Morgan fingerprint density at radius 2 is 0.731 bits per heavy atom. The average Bonchev–Trinajstić information content (AvgIpc) is 3.77. The molecule has 0 aliphatic carbocycles. The summed E-state index contributed by atoms with van der Waals surface area (Å²) < 4.78 is 12.6. The Balaban J connectivity index is 1.24. The number of benzene rings is 8. The molecule has 8 aromatic carbocycles. The first kappa shape index (κ1) is 29.8. The lowest BCUT2D eigenvalue weighted by Gasteiger charge is -2.33. The number of fused-ring (bicyclic) bond motifs is 6. The molecule has 0 fully saturated rings. The molecule has 0 atom stereocenters. The van der Waals surface area contributed by atoms with E-state index in [0.29, 0.717) is 0 Å². The molecule has 0 spiro atoms. The van der Waals surface area contributed by atoms with Crippen molar-refractivity contribution >= 4 is 78.0 Å². The lowest BCUT2D eigenvalue weighted by Crippen LogP contribution is -2.17. The van der Waals surface area contributed by atoms with Crippen molar-refractivity contribution in [1.29, 1.82) is 0 Å². The van der Waals surface area contributed by atoms with Gasteiger partial charge in [0.1, 0.15) is 22.3 Å². The van der Waals surface area contributed by atoms with Crippen LogP contribution in [-0.4, -0.2) is 0 Å². The van der Waals surface area contributed by atoms with Crippen molar-refractivity contribution in [2.45, 2.75) is 0 Å². The van der Waals surface area contributed by atoms with Crippen LogP contribution in [0.1, 0.15) is 0 Å². The minimum atomic E-state index is 0.845. The average molecular weight is 669 g/mol. The van der Waals surface area contributed by atoms with Crippen LogP contribution >= 0.6 is 0 Å². The first-order chi connectivity index (χ1) is 25.8. The maximum absolute atomic E-state index is 6.45. The molecule has 0 N–H and O–H groups in total. The molecule has 0 aliphatic heterocycles. The predicted molar refractivity (Wildman–Crippen MR) is 216 cm³/mol. The van der Waals surface area contributed by atoms with Crippen molar-refractivity contribution in [2.75, 3.05) is 9.80 Å². The number of nitrogens with zero attached hydrogens (tertiary/aromatic N) is 2. The van der Waals surface area contributed by atoms with Crippen LogP contribution in [-0.2, 0) is 0 Å². The second kappa shape index (κ2) is 12.4. The van der Waals surface area contributed by atoms with Gasteiger partial charge in [0.2, 0.25) is 0 Å². The minimum absolute atomic E-state index is 0.845. The molecule has 2 heterocycles. The highest BCUT2D eigenvalue weighted by molar-refractivity contribution is 6.08. The van der Waals surface area contributed by atoms with Crippen molar-refractivity contribution in [2.24, 2.45) is 0 Å². The lowest BCUT2D eigenvalue weighted by atomic mass is 10.00. The summed E-state index contributed by atoms with van der Waals surface area (Å²) in [6, 6.07) is 68.0. The van der Waals surface area contributed by atoms with Crippen LogP contribution < -0.4 is 9.80 Å². The van der Waals surface area contributed by atoms with Gasteiger partial charge in [-0.2, -0.15) is 0 Å². The molecule has 246 valence electrons. The van der Waals surface area contributed by atoms with Gasteiger partial charge in [0.15, 0.2) is 0 Å². The fourth-order valence-corrected chi connectivity index (χ4v) is 7.42. The monoisotopic (exact) mass is 668 g/mol. The molecule has 0 bridgehead atoms. The molecule has 0 saturated carbocycles. The number of furan rings is 2. The largest absolute Gasteiger partial charge is 0.456 e. The number of hydrogen-bond donors (Lipinski definition) is 0. The zero-order chi connectivity index (χ0) is 34.4. The van der Waals surface area contributed by atoms with Crippen molar-refractivity contribution in [3.63, 3.8) is 0 Å². The van der Waals surface area contributed by atoms with E-state index >= 15 is 0 Å². The molecule has 0 aliphatic rings. The summed E-state index contributed by atoms with van der Waals surface area (Å²) in [5, 5.41) is 4.42. The Morgan fingerprint density at radius 1 is 0.269 bits per heavy atom. The Bertz CT molecular complexity index is 2820. The lowest BCUT2D eigenvalue weighted by molar-refractivity contribution is 0.668. The van der Waals surface area contributed by atoms with Crippen LogP contribution in [0.15, 0.2) is 203 Å². The SMILES string of the molecule is c1ccc(N(c2ccccc2)c2ccc(-c3ccc4oc5ccccc5c4c3)cc2N(c2ccccc2)c2ccc3c(c2)oc2ccccc23)cc1. The fourth-order valence-electron chi connectivity index (χ4n) is 7.42. The Morgan fingerprint density at radius 3 is 1.37 bits per heavy atom. The fraction of sp³-hybridized carbons (Fsp3) is 0. The van der Waals surface area contributed by atoms with E-state index in [4.69, 9.17) is 8.83 Å². The first-order valence-corrected chi connectivity index (χ1v) is 17.5. The maximum atomic E-state index is 6.45. The van der Waals surface area contributed by atoms with Crippen LogP contribution in [0.5, 0.6) is 0 Å². The Labute approximate surface area is 301 Å². The molecule has 0 radical (unpaired) electrons. The second-order valence-corrected chi connectivity index (χ2v) is 13.0. The molecule has 2 aromatic heterocycles. The van der Waals surface area contributed by atoms with Gasteiger partial charge in [0.25, 0.3) is 0 Å². The molecule has 10 aromatic rings. The van der Waals surface area contributed by atoms with Gasteiger partial charge < -0.3 is 18.6 Å². The quantitative estimate of drug-likeness (QED) is 0.169. The number of rotatable bonds is 7. The normalized spacial score (nSPS) is 11.5. The van der Waals surface area contributed by atoms with E-state index in [9.17, 15) is 0 Å². The van der Waals surface area contributed by atoms with E-state index in [2.05, 4.69) is 180 Å². The van der Waals surface area contributed by atoms with Gasteiger partial charge in [0.05, 0.1) is 11.4 Å². The third-order valence-electron chi connectivity index (χ3n) is 9.83. The molecule has 52 heavy (non-hydrogen) atoms. The van der Waals surface area contributed by atoms with Crippen molar-refractivity contribution in [1.82, 2.24) is 0 Å². The topological polar surface area (TPSA) is 32.8 Å². The second-order valence-electron chi connectivity index (χ2n) is 13.0. The molecule has 4 nitrogen and oxygen atoms in total. The number of anilines is 6. The summed E-state index contributed by atoms with van der Waals surface area (Å²) in [5.41, 5.74) is 11.9. The zero-order valence-electron chi connectivity index (χ0n) is 28.2. The van der Waals surface area contributed by atoms with Crippen molar-refractivity contribution < 1.29 is 8.83 Å². The van der Waals surface area contributed by atoms with Gasteiger partial charge >= 0.3 is 0 Å². The molecular formula is C48H32N2O2. The molecule has 4 heteroatoms. The standard InChI is InChI=1S/C48H32N2O2/c1-4-14-35(15-5-1)49(36-16-6-2-7-17-36)43-28-24-34(33-25-29-47-42(30-33)40-21-11-13-23-46(40)51-47)31-44(43)50(37-18-8-3-9-19-37)38-26-27-41-39-20-10-12-22-45(39)52-48(41)32-38/h1-32H. The van der Waals surface area contributed by atoms with Gasteiger partial charge in [-0.3, -0.25) is 0 Å². The highest BCUT2D eigenvalue weighted by Crippen LogP contribution is 2.48. The summed E-state index contributed by atoms with van der Waals surface area (Å²) in [5.74, 6) is 0. The molecule has 0 unspecified atom stereocenters. The summed E-state index contributed by atoms with van der Waals surface area (Å²) >= 11 is 0. The molecular weight excluding hydrogens is 637 g/mol. The van der Waals surface area contributed by atoms with Gasteiger partial charge in [-0.25, -0.2) is 0 Å². The highest BCUT2D eigenvalue weighted by atomic mass is 16.3. The van der Waals surface area contributed by atoms with Crippen molar-refractivity contribution in [3.8, 4) is 11.1 Å². The predicted octanol–water partition coefficient (Wildman–Crippen LogP) is 14.1. The van der Waals surface area contributed by atoms with E-state index in [1.807, 2.05) is 24.3 Å². The summed E-state index contributed by atoms with van der Waals surface area (Å²) in [7, 11) is 0. The van der Waals surface area contributed by atoms with Crippen LogP contribution in [0.2, 0.25) is 0 Å². The van der Waals surface area contributed by atoms with E-state index < -0.39 is 0 Å². The molecule has 0 saturated heterocycles.